The first-order valence-corrected chi connectivity index (χ1v) is 3.15. The molecule has 12 heavy (non-hydrogen) atoms. The molecule has 66 valence electrons. The molecule has 8 nitrogen and oxygen atoms in total. The number of hydroxylamine groups is 1. The Hall–Kier alpha value is -1.73. The summed E-state index contributed by atoms with van der Waals surface area (Å²) in [6.45, 7) is 1.54. The van der Waals surface area contributed by atoms with Gasteiger partial charge in [0.15, 0.2) is 5.82 Å². The van der Waals surface area contributed by atoms with Crippen molar-refractivity contribution in [1.82, 2.24) is 20.2 Å². The first kappa shape index (κ1) is 8.37. The van der Waals surface area contributed by atoms with Crippen LogP contribution in [0, 0.1) is 12.1 Å². The van der Waals surface area contributed by atoms with Crippen molar-refractivity contribution >= 4 is 0 Å². The van der Waals surface area contributed by atoms with Gasteiger partial charge in [-0.3, -0.25) is 0 Å². The molecule has 0 aliphatic rings. The second-order valence-electron chi connectivity index (χ2n) is 1.97. The van der Waals surface area contributed by atoms with Crippen molar-refractivity contribution < 1.29 is 9.70 Å². The normalized spacial score (nSPS) is 11.7. The van der Waals surface area contributed by atoms with Crippen LogP contribution in [0.2, 0.25) is 0 Å². The van der Waals surface area contributed by atoms with Crippen LogP contribution >= 0.6 is 0 Å². The molecule has 0 N–H and O–H groups in total. The van der Waals surface area contributed by atoms with E-state index in [9.17, 15) is 5.21 Å². The monoisotopic (exact) mass is 172 g/mol. The Balaban J connectivity index is 2.58. The smallest absolute Gasteiger partial charge is 0.295 e. The van der Waals surface area contributed by atoms with Gasteiger partial charge in [-0.2, -0.15) is 0 Å². The van der Waals surface area contributed by atoms with Gasteiger partial charge in [-0.25, -0.2) is 0 Å². The summed E-state index contributed by atoms with van der Waals surface area (Å²) in [6.07, 6.45) is 0. The first-order valence-electron chi connectivity index (χ1n) is 3.15. The number of aryl methyl sites for hydroxylation is 1. The van der Waals surface area contributed by atoms with Crippen molar-refractivity contribution in [2.45, 2.75) is 13.6 Å². The van der Waals surface area contributed by atoms with Gasteiger partial charge in [-0.1, -0.05) is 4.80 Å². The van der Waals surface area contributed by atoms with Crippen molar-refractivity contribution in [3.8, 4) is 0 Å². The minimum absolute atomic E-state index is 0.130. The van der Waals surface area contributed by atoms with Crippen LogP contribution in [0.3, 0.4) is 0 Å². The predicted molar refractivity (Wildman–Crippen MR) is 35.6 cm³/mol. The van der Waals surface area contributed by atoms with Crippen molar-refractivity contribution in [2.24, 2.45) is 5.28 Å². The van der Waals surface area contributed by atoms with E-state index in [1.165, 1.54) is 7.11 Å². The minimum Gasteiger partial charge on any atom is -0.596 e. The maximum absolute atomic E-state index is 10.7. The summed E-state index contributed by atoms with van der Waals surface area (Å²) in [5.41, 5.74) is 0. The number of rotatable bonds is 3. The highest BCUT2D eigenvalue weighted by atomic mass is 16.7. The Morgan fingerprint density at radius 3 is 3.00 bits per heavy atom. The summed E-state index contributed by atoms with van der Waals surface area (Å²) in [5.74, 6) is 0.501. The van der Waals surface area contributed by atoms with Crippen LogP contribution < -0.4 is 0 Å². The van der Waals surface area contributed by atoms with Crippen LogP contribution in [0.15, 0.2) is 5.28 Å². The molecule has 1 rings (SSSR count). The Morgan fingerprint density at radius 2 is 2.50 bits per heavy atom. The Morgan fingerprint density at radius 1 is 1.75 bits per heavy atom. The van der Waals surface area contributed by atoms with Gasteiger partial charge in [0.2, 0.25) is 5.28 Å². The fraction of sp³-hybridized carbons (Fsp3) is 0.750. The Kier molecular flexibility index (Phi) is 2.51. The van der Waals surface area contributed by atoms with E-state index < -0.39 is 0 Å². The van der Waals surface area contributed by atoms with Crippen LogP contribution in [-0.2, 0) is 11.5 Å². The van der Waals surface area contributed by atoms with E-state index in [0.29, 0.717) is 10.7 Å². The summed E-state index contributed by atoms with van der Waals surface area (Å²) < 4.78 is 0. The number of aromatic nitrogens is 4. The molecule has 8 heteroatoms. The molecule has 1 aromatic heterocycles. The van der Waals surface area contributed by atoms with Crippen LogP contribution in [0.4, 0.5) is 0 Å². The summed E-state index contributed by atoms with van der Waals surface area (Å²) in [7, 11) is 1.28. The van der Waals surface area contributed by atoms with Crippen molar-refractivity contribution in [1.29, 1.82) is 0 Å². The molecule has 0 spiro atoms. The molecule has 0 fully saturated rings. The van der Waals surface area contributed by atoms with E-state index in [2.05, 4.69) is 25.5 Å². The van der Waals surface area contributed by atoms with Crippen LogP contribution in [0.5, 0.6) is 0 Å². The van der Waals surface area contributed by atoms with Gasteiger partial charge in [-0.15, -0.1) is 10.2 Å². The molecular formula is C4H8N6O2. The van der Waals surface area contributed by atoms with Gasteiger partial charge in [-0.05, 0) is 17.0 Å². The molecule has 0 atom stereocenters. The maximum Gasteiger partial charge on any atom is 0.295 e. The standard InChI is InChI=1S/C4H8N6O2/c1-4-5-7-9(6-4)3-10(11)8-12-2/h3H2,1-2H3. The molecule has 0 unspecified atom stereocenters. The fourth-order valence-corrected chi connectivity index (χ4v) is 0.608. The predicted octanol–water partition coefficient (Wildman–Crippen LogP) is -0.537. The molecule has 0 aliphatic heterocycles. The SMILES string of the molecule is CON=[N+]([O-])Cn1nnc(C)n1. The lowest BCUT2D eigenvalue weighted by molar-refractivity contribution is -0.589. The Bertz CT molecular complexity index is 281. The molecule has 0 radical (unpaired) electrons. The highest BCUT2D eigenvalue weighted by Gasteiger charge is 2.01. The van der Waals surface area contributed by atoms with Gasteiger partial charge in [0.1, 0.15) is 7.11 Å². The zero-order chi connectivity index (χ0) is 8.97. The van der Waals surface area contributed by atoms with Gasteiger partial charge >= 0.3 is 0 Å². The van der Waals surface area contributed by atoms with Crippen molar-refractivity contribution in [3.63, 3.8) is 0 Å². The molecule has 1 heterocycles. The summed E-state index contributed by atoms with van der Waals surface area (Å²) in [4.78, 5) is 5.65. The average Bonchev–Trinajstić information content (AvgIpc) is 2.36. The zero-order valence-electron chi connectivity index (χ0n) is 6.71. The highest BCUT2D eigenvalue weighted by molar-refractivity contribution is 4.65. The lowest BCUT2D eigenvalue weighted by atomic mass is 10.8. The van der Waals surface area contributed by atoms with E-state index in [0.717, 1.165) is 4.80 Å². The molecule has 0 aromatic carbocycles. The quantitative estimate of drug-likeness (QED) is 0.347. The van der Waals surface area contributed by atoms with Crippen molar-refractivity contribution in [3.05, 3.63) is 11.0 Å². The van der Waals surface area contributed by atoms with Gasteiger partial charge in [0.25, 0.3) is 6.67 Å². The third-order valence-corrected chi connectivity index (χ3v) is 0.973. The Labute approximate surface area is 68.0 Å². The van der Waals surface area contributed by atoms with Crippen LogP contribution in [0.1, 0.15) is 5.82 Å². The van der Waals surface area contributed by atoms with Gasteiger partial charge in [0.05, 0.1) is 0 Å². The van der Waals surface area contributed by atoms with Crippen LogP contribution in [-0.4, -0.2) is 32.2 Å². The average molecular weight is 172 g/mol. The van der Waals surface area contributed by atoms with Gasteiger partial charge in [0, 0.05) is 0 Å². The third-order valence-electron chi connectivity index (χ3n) is 0.973. The molecule has 0 amide bonds. The van der Waals surface area contributed by atoms with E-state index in [-0.39, 0.29) is 6.67 Å². The molecule has 0 bridgehead atoms. The number of hydrogen-bond acceptors (Lipinski definition) is 6. The second kappa shape index (κ2) is 3.60. The zero-order valence-corrected chi connectivity index (χ0v) is 6.71. The molecule has 0 saturated heterocycles. The van der Waals surface area contributed by atoms with Gasteiger partial charge < -0.3 is 10.0 Å². The molecular weight excluding hydrogens is 164 g/mol. The highest BCUT2D eigenvalue weighted by Crippen LogP contribution is 1.84. The van der Waals surface area contributed by atoms with E-state index in [1.807, 2.05) is 0 Å². The summed E-state index contributed by atoms with van der Waals surface area (Å²) in [6, 6.07) is 0. The minimum atomic E-state index is -0.130. The lowest BCUT2D eigenvalue weighted by Crippen LogP contribution is -2.12. The van der Waals surface area contributed by atoms with Crippen LogP contribution in [0.25, 0.3) is 0 Å². The number of hydrogen-bond donors (Lipinski definition) is 0. The molecule has 1 aromatic rings. The second-order valence-corrected chi connectivity index (χ2v) is 1.97. The van der Waals surface area contributed by atoms with E-state index >= 15 is 0 Å². The number of nitrogens with zero attached hydrogens (tertiary/aromatic N) is 6. The van der Waals surface area contributed by atoms with E-state index in [4.69, 9.17) is 0 Å². The summed E-state index contributed by atoms with van der Waals surface area (Å²) >= 11 is 0. The third kappa shape index (κ3) is 2.15. The lowest BCUT2D eigenvalue weighted by Gasteiger charge is -1.95. The topological polar surface area (TPSA) is 91.3 Å². The molecule has 0 saturated carbocycles. The maximum atomic E-state index is 10.7. The molecule has 0 aliphatic carbocycles. The largest absolute Gasteiger partial charge is 0.596 e. The van der Waals surface area contributed by atoms with E-state index in [1.54, 1.807) is 6.92 Å². The van der Waals surface area contributed by atoms with Crippen molar-refractivity contribution in [2.75, 3.05) is 7.11 Å². The first-order chi connectivity index (χ1) is 5.72. The summed E-state index contributed by atoms with van der Waals surface area (Å²) in [5, 5.41) is 24.7. The number of tetrazole rings is 1. The fourth-order valence-electron chi connectivity index (χ4n) is 0.608.